The molecule has 0 radical (unpaired) electrons. The summed E-state index contributed by atoms with van der Waals surface area (Å²) in [6.07, 6.45) is 6.82. The molecule has 1 fully saturated rings. The van der Waals surface area contributed by atoms with Gasteiger partial charge >= 0.3 is 0 Å². The summed E-state index contributed by atoms with van der Waals surface area (Å²) in [6, 6.07) is 5.37. The lowest BCUT2D eigenvalue weighted by Gasteiger charge is -2.59. The Morgan fingerprint density at radius 2 is 0.954 bits per heavy atom. The Hall–Kier alpha value is -6.12. The predicted molar refractivity (Wildman–Crippen MR) is 251 cm³/mol. The first kappa shape index (κ1) is 45.4. The second kappa shape index (κ2) is 15.2. The zero-order valence-electron chi connectivity index (χ0n) is 38.7. The van der Waals surface area contributed by atoms with Gasteiger partial charge in [-0.15, -0.1) is 0 Å². The maximum Gasteiger partial charge on any atom is 0.262 e. The quantitative estimate of drug-likeness (QED) is 0.145. The van der Waals surface area contributed by atoms with Gasteiger partial charge in [-0.25, -0.2) is 0 Å². The largest absolute Gasteiger partial charge is 0.288 e. The highest BCUT2D eigenvalue weighted by Crippen LogP contribution is 2.62. The van der Waals surface area contributed by atoms with E-state index >= 15 is 9.59 Å². The number of amides is 2. The van der Waals surface area contributed by atoms with E-state index in [1.165, 1.54) is 45.6 Å². The Morgan fingerprint density at radius 1 is 0.538 bits per heavy atom. The minimum absolute atomic E-state index is 0.0247. The molecule has 6 aromatic rings. The van der Waals surface area contributed by atoms with Crippen LogP contribution in [0.25, 0.3) is 43.1 Å². The lowest BCUT2D eigenvalue weighted by Crippen LogP contribution is -2.60. The van der Waals surface area contributed by atoms with Crippen LogP contribution in [0, 0.1) is 22.2 Å². The maximum atomic E-state index is 15.0. The zero-order valence-corrected chi connectivity index (χ0v) is 38.7. The van der Waals surface area contributed by atoms with Gasteiger partial charge in [-0.05, 0) is 104 Å². The molecular formula is C50H57N5O10. The summed E-state index contributed by atoms with van der Waals surface area (Å²) >= 11 is 0. The first-order valence-corrected chi connectivity index (χ1v) is 23.0. The number of rotatable bonds is 14. The van der Waals surface area contributed by atoms with E-state index in [1.807, 2.05) is 13.8 Å². The molecule has 65 heavy (non-hydrogen) atoms. The predicted octanol–water partition coefficient (Wildman–Crippen LogP) is 5.00. The van der Waals surface area contributed by atoms with Gasteiger partial charge in [0.2, 0.25) is 0 Å². The molecule has 2 aromatic carbocycles. The maximum absolute atomic E-state index is 15.0. The van der Waals surface area contributed by atoms with Crippen molar-refractivity contribution in [2.75, 3.05) is 0 Å². The van der Waals surface area contributed by atoms with Gasteiger partial charge in [-0.1, -0.05) is 62.3 Å². The van der Waals surface area contributed by atoms with Gasteiger partial charge in [0.05, 0.1) is 60.7 Å². The molecule has 0 bridgehead atoms. The average Bonchev–Trinajstić information content (AvgIpc) is 3.97. The van der Waals surface area contributed by atoms with Crippen LogP contribution >= 0.6 is 0 Å². The standard InChI is InChI=1S/C50H57N5O10/c1-10-48(11-2,54-36(56)16-17-37(54)57)26-53-42(62)32-20-34-35(21-33(32)43(53)63)45(65)55(44(34)64)50(14-5,15-6)49(12-3,13-4)27-22-46(7,8)24-47(9,23-27)25-52-40(60)30-18-28-29(19-31(30)41(52)61)39(59)51-38(28)58/h16-21,27H,10-15,22-26H2,1-9H3,(H,51,58,59). The van der Waals surface area contributed by atoms with E-state index in [0.29, 0.717) is 38.5 Å². The van der Waals surface area contributed by atoms with Crippen molar-refractivity contribution in [1.29, 1.82) is 0 Å². The number of imide groups is 1. The average molecular weight is 888 g/mol. The van der Waals surface area contributed by atoms with Crippen LogP contribution in [-0.2, 0) is 28.2 Å². The van der Waals surface area contributed by atoms with Crippen LogP contribution in [0.5, 0.6) is 0 Å². The zero-order chi connectivity index (χ0) is 47.5. The van der Waals surface area contributed by atoms with E-state index in [0.717, 1.165) is 15.9 Å². The molecule has 2 amide bonds. The van der Waals surface area contributed by atoms with E-state index < -0.39 is 78.2 Å². The lowest BCUT2D eigenvalue weighted by atomic mass is 9.48. The Kier molecular flexibility index (Phi) is 10.6. The van der Waals surface area contributed by atoms with Gasteiger partial charge in [-0.3, -0.25) is 71.5 Å². The topological polar surface area (TPSA) is 205 Å². The highest BCUT2D eigenvalue weighted by molar-refractivity contribution is 6.13. The van der Waals surface area contributed by atoms with Crippen LogP contribution in [0.3, 0.4) is 0 Å². The van der Waals surface area contributed by atoms with Gasteiger partial charge in [0, 0.05) is 18.7 Å². The SMILES string of the molecule is CCC(CC)(Cn1c(=O)c2cc3c(=O)n(C(CC)(CC)C(CC)(CC)C4CC(C)(C)CC(C)(Cn5c(=O)c6cc7c(=O)[nH]c(=O)c7cc6c5=O)C4)c(=O)c3cc2c1=O)N1C(=O)C=CC1=O. The third kappa shape index (κ3) is 6.26. The highest BCUT2D eigenvalue weighted by Gasteiger charge is 2.58. The van der Waals surface area contributed by atoms with Crippen molar-refractivity contribution >= 4 is 54.9 Å². The molecule has 0 saturated heterocycles. The highest BCUT2D eigenvalue weighted by atomic mass is 16.2. The van der Waals surface area contributed by atoms with Crippen molar-refractivity contribution in [3.63, 3.8) is 0 Å². The fourth-order valence-corrected chi connectivity index (χ4v) is 13.6. The third-order valence-corrected chi connectivity index (χ3v) is 16.4. The van der Waals surface area contributed by atoms with E-state index in [1.54, 1.807) is 13.8 Å². The number of carbonyl (C=O) groups excluding carboxylic acids is 2. The van der Waals surface area contributed by atoms with Crippen molar-refractivity contribution in [1.82, 2.24) is 23.6 Å². The minimum atomic E-state index is -1.17. The number of benzene rings is 2. The van der Waals surface area contributed by atoms with Gasteiger partial charge in [-0.2, -0.15) is 0 Å². The molecule has 15 heteroatoms. The minimum Gasteiger partial charge on any atom is -0.288 e. The molecule has 5 heterocycles. The summed E-state index contributed by atoms with van der Waals surface area (Å²) in [5.74, 6) is -1.17. The molecule has 2 atom stereocenters. The van der Waals surface area contributed by atoms with Crippen molar-refractivity contribution in [2.24, 2.45) is 22.2 Å². The van der Waals surface area contributed by atoms with Gasteiger partial charge in [0.25, 0.3) is 56.3 Å². The molecule has 1 aliphatic carbocycles. The summed E-state index contributed by atoms with van der Waals surface area (Å²) in [7, 11) is 0. The van der Waals surface area contributed by atoms with Crippen molar-refractivity contribution in [2.45, 2.75) is 144 Å². The first-order chi connectivity index (χ1) is 30.6. The molecule has 1 saturated carbocycles. The fourth-order valence-electron chi connectivity index (χ4n) is 13.6. The Balaban J connectivity index is 1.23. The molecular weight excluding hydrogens is 831 g/mol. The Morgan fingerprint density at radius 3 is 1.37 bits per heavy atom. The second-order valence-corrected chi connectivity index (χ2v) is 20.1. The number of nitrogens with zero attached hydrogens (tertiary/aromatic N) is 4. The number of nitrogens with one attached hydrogen (secondary N) is 1. The number of aromatic nitrogens is 4. The number of fused-ring (bicyclic) bond motifs is 4. The fraction of sp³-hybridized carbons (Fsp3) is 0.520. The molecule has 2 aliphatic rings. The number of hydrogen-bond donors (Lipinski definition) is 1. The first-order valence-electron chi connectivity index (χ1n) is 23.0. The lowest BCUT2D eigenvalue weighted by molar-refractivity contribution is -0.145. The van der Waals surface area contributed by atoms with E-state index in [9.17, 15) is 38.4 Å². The van der Waals surface area contributed by atoms with Crippen LogP contribution in [-0.4, -0.2) is 40.9 Å². The Bertz CT molecular complexity index is 3290. The molecule has 1 N–H and O–H groups in total. The van der Waals surface area contributed by atoms with Crippen LogP contribution in [0.2, 0.25) is 0 Å². The van der Waals surface area contributed by atoms with Crippen molar-refractivity contribution in [3.05, 3.63) is 119 Å². The monoisotopic (exact) mass is 887 g/mol. The van der Waals surface area contributed by atoms with Crippen molar-refractivity contribution in [3.8, 4) is 0 Å². The normalized spacial score (nSPS) is 19.6. The van der Waals surface area contributed by atoms with Gasteiger partial charge in [0.1, 0.15) is 0 Å². The van der Waals surface area contributed by atoms with E-state index in [2.05, 4.69) is 39.6 Å². The number of H-pyrrole nitrogens is 1. The van der Waals surface area contributed by atoms with E-state index in [4.69, 9.17) is 0 Å². The third-order valence-electron chi connectivity index (χ3n) is 16.4. The van der Waals surface area contributed by atoms with Crippen molar-refractivity contribution < 1.29 is 9.59 Å². The number of carbonyl (C=O) groups is 2. The summed E-state index contributed by atoms with van der Waals surface area (Å²) in [4.78, 5) is 140. The molecule has 15 nitrogen and oxygen atoms in total. The summed E-state index contributed by atoms with van der Waals surface area (Å²) in [5.41, 5.74) is -8.57. The molecule has 8 rings (SSSR count). The molecule has 4 aromatic heterocycles. The molecule has 342 valence electrons. The summed E-state index contributed by atoms with van der Waals surface area (Å²) < 4.78 is 3.63. The number of hydrogen-bond acceptors (Lipinski definition) is 10. The smallest absolute Gasteiger partial charge is 0.262 e. The second-order valence-electron chi connectivity index (χ2n) is 20.1. The molecule has 0 spiro atoms. The summed E-state index contributed by atoms with van der Waals surface area (Å²) in [6.45, 7) is 17.9. The Labute approximate surface area is 372 Å². The van der Waals surface area contributed by atoms with Gasteiger partial charge in [0.15, 0.2) is 0 Å². The van der Waals surface area contributed by atoms with Crippen LogP contribution in [0.4, 0.5) is 0 Å². The summed E-state index contributed by atoms with van der Waals surface area (Å²) in [5, 5.41) is 0.286. The number of aromatic amines is 1. The van der Waals surface area contributed by atoms with Gasteiger partial charge < -0.3 is 0 Å². The van der Waals surface area contributed by atoms with E-state index in [-0.39, 0.29) is 80.4 Å². The molecule has 2 unspecified atom stereocenters. The van der Waals surface area contributed by atoms with Crippen LogP contribution < -0.4 is 44.5 Å². The van der Waals surface area contributed by atoms with Crippen LogP contribution in [0.1, 0.15) is 120 Å². The van der Waals surface area contributed by atoms with Crippen LogP contribution in [0.15, 0.2) is 74.8 Å². The molecule has 1 aliphatic heterocycles.